The molecule has 1 aliphatic rings. The number of furan rings is 1. The maximum Gasteiger partial charge on any atom is 0.241 e. The lowest BCUT2D eigenvalue weighted by Crippen LogP contribution is -2.48. The molecule has 10 heteroatoms. The molecule has 2 aromatic rings. The number of hydrogen-bond donors (Lipinski definition) is 1. The molecule has 0 aliphatic carbocycles. The highest BCUT2D eigenvalue weighted by Gasteiger charge is 2.26. The van der Waals surface area contributed by atoms with E-state index >= 15 is 0 Å². The van der Waals surface area contributed by atoms with Crippen molar-refractivity contribution in [2.45, 2.75) is 12.6 Å². The van der Waals surface area contributed by atoms with Crippen LogP contribution in [0.2, 0.25) is 0 Å². The maximum absolute atomic E-state index is 11.6. The highest BCUT2D eigenvalue weighted by atomic mass is 32.2. The fraction of sp³-hybridized carbons (Fsp3) is 0.538. The molecule has 9 nitrogen and oxygen atoms in total. The minimum Gasteiger partial charge on any atom is -0.461 e. The van der Waals surface area contributed by atoms with Gasteiger partial charge in [0.1, 0.15) is 0 Å². The van der Waals surface area contributed by atoms with E-state index in [-0.39, 0.29) is 6.10 Å². The van der Waals surface area contributed by atoms with Gasteiger partial charge in [-0.05, 0) is 12.1 Å². The van der Waals surface area contributed by atoms with Crippen LogP contribution in [-0.2, 0) is 21.3 Å². The van der Waals surface area contributed by atoms with E-state index in [4.69, 9.17) is 13.7 Å². The SMILES string of the molecule is CS(=O)(=O)N1CCOC(CNCc2nc(-c3ccco3)no2)C1. The first-order valence-corrected chi connectivity index (χ1v) is 9.01. The van der Waals surface area contributed by atoms with Crippen LogP contribution in [0, 0.1) is 0 Å². The summed E-state index contributed by atoms with van der Waals surface area (Å²) < 4.78 is 40.4. The minimum absolute atomic E-state index is 0.203. The number of nitrogens with zero attached hydrogens (tertiary/aromatic N) is 3. The Morgan fingerprint density at radius 1 is 1.48 bits per heavy atom. The lowest BCUT2D eigenvalue weighted by molar-refractivity contribution is -0.000379. The molecule has 1 aliphatic heterocycles. The molecule has 0 radical (unpaired) electrons. The van der Waals surface area contributed by atoms with Gasteiger partial charge in [-0.25, -0.2) is 8.42 Å². The predicted molar refractivity (Wildman–Crippen MR) is 79.9 cm³/mol. The monoisotopic (exact) mass is 342 g/mol. The Hall–Kier alpha value is -1.75. The van der Waals surface area contributed by atoms with Crippen LogP contribution in [-0.4, -0.2) is 61.5 Å². The number of aromatic nitrogens is 2. The van der Waals surface area contributed by atoms with Gasteiger partial charge < -0.3 is 19.0 Å². The van der Waals surface area contributed by atoms with Gasteiger partial charge in [0.15, 0.2) is 5.76 Å². The highest BCUT2D eigenvalue weighted by Crippen LogP contribution is 2.15. The van der Waals surface area contributed by atoms with E-state index in [1.807, 2.05) is 0 Å². The van der Waals surface area contributed by atoms with Gasteiger partial charge in [-0.15, -0.1) is 0 Å². The molecule has 3 heterocycles. The zero-order valence-electron chi connectivity index (χ0n) is 12.6. The van der Waals surface area contributed by atoms with Gasteiger partial charge in [-0.3, -0.25) is 0 Å². The molecular formula is C13H18N4O5S. The predicted octanol–water partition coefficient (Wildman–Crippen LogP) is 0.0796. The molecule has 0 amide bonds. The molecular weight excluding hydrogens is 324 g/mol. The van der Waals surface area contributed by atoms with Crippen LogP contribution in [0.4, 0.5) is 0 Å². The van der Waals surface area contributed by atoms with Gasteiger partial charge in [0.2, 0.25) is 21.7 Å². The third-order valence-corrected chi connectivity index (χ3v) is 4.70. The summed E-state index contributed by atoms with van der Waals surface area (Å²) in [7, 11) is -3.18. The Morgan fingerprint density at radius 3 is 3.09 bits per heavy atom. The van der Waals surface area contributed by atoms with Crippen LogP contribution in [0.3, 0.4) is 0 Å². The molecule has 0 aromatic carbocycles. The van der Waals surface area contributed by atoms with Gasteiger partial charge in [-0.1, -0.05) is 5.16 Å². The Bertz CT molecular complexity index is 727. The van der Waals surface area contributed by atoms with Crippen LogP contribution in [0.1, 0.15) is 5.89 Å². The molecule has 3 rings (SSSR count). The number of sulfonamides is 1. The topological polar surface area (TPSA) is 111 Å². The number of ether oxygens (including phenoxy) is 1. The van der Waals surface area contributed by atoms with Gasteiger partial charge in [0.05, 0.1) is 31.8 Å². The Labute approximate surface area is 133 Å². The van der Waals surface area contributed by atoms with Crippen molar-refractivity contribution in [1.82, 2.24) is 19.8 Å². The quantitative estimate of drug-likeness (QED) is 0.786. The molecule has 0 saturated carbocycles. The Balaban J connectivity index is 1.48. The third kappa shape index (κ3) is 4.16. The molecule has 1 atom stereocenters. The normalized spacial score (nSPS) is 20.0. The zero-order chi connectivity index (χ0) is 16.3. The minimum atomic E-state index is -3.18. The standard InChI is InChI=1S/C13H18N4O5S/c1-23(18,19)17-4-6-20-10(9-17)7-14-8-12-15-13(16-22-12)11-3-2-5-21-11/h2-3,5,10,14H,4,6-9H2,1H3. The van der Waals surface area contributed by atoms with Crippen LogP contribution in [0.5, 0.6) is 0 Å². The summed E-state index contributed by atoms with van der Waals surface area (Å²) in [6.07, 6.45) is 2.54. The second-order valence-corrected chi connectivity index (χ2v) is 7.22. The van der Waals surface area contributed by atoms with Crippen LogP contribution < -0.4 is 5.32 Å². The largest absolute Gasteiger partial charge is 0.461 e. The van der Waals surface area contributed by atoms with Crippen molar-refractivity contribution in [3.05, 3.63) is 24.3 Å². The molecule has 23 heavy (non-hydrogen) atoms. The van der Waals surface area contributed by atoms with Crippen molar-refractivity contribution in [1.29, 1.82) is 0 Å². The maximum atomic E-state index is 11.6. The first kappa shape index (κ1) is 16.1. The average molecular weight is 342 g/mol. The number of hydrogen-bond acceptors (Lipinski definition) is 8. The second kappa shape index (κ2) is 6.79. The summed E-state index contributed by atoms with van der Waals surface area (Å²) >= 11 is 0. The average Bonchev–Trinajstić information content (AvgIpc) is 3.18. The van der Waals surface area contributed by atoms with Crippen molar-refractivity contribution in [2.24, 2.45) is 0 Å². The van der Waals surface area contributed by atoms with E-state index in [1.54, 1.807) is 12.1 Å². The van der Waals surface area contributed by atoms with Crippen molar-refractivity contribution >= 4 is 10.0 Å². The molecule has 0 spiro atoms. The summed E-state index contributed by atoms with van der Waals surface area (Å²) in [5.41, 5.74) is 0. The molecule has 1 saturated heterocycles. The number of rotatable bonds is 6. The molecule has 1 fully saturated rings. The summed E-state index contributed by atoms with van der Waals surface area (Å²) in [5, 5.41) is 6.96. The first-order chi connectivity index (χ1) is 11.0. The molecule has 1 N–H and O–H groups in total. The first-order valence-electron chi connectivity index (χ1n) is 7.16. The van der Waals surface area contributed by atoms with Crippen molar-refractivity contribution < 1.29 is 22.1 Å². The Kier molecular flexibility index (Phi) is 4.76. The van der Waals surface area contributed by atoms with E-state index in [0.29, 0.717) is 50.3 Å². The van der Waals surface area contributed by atoms with E-state index in [1.165, 1.54) is 16.8 Å². The molecule has 126 valence electrons. The van der Waals surface area contributed by atoms with E-state index in [9.17, 15) is 8.42 Å². The fourth-order valence-electron chi connectivity index (χ4n) is 2.29. The molecule has 2 aromatic heterocycles. The third-order valence-electron chi connectivity index (χ3n) is 3.43. The van der Waals surface area contributed by atoms with Crippen LogP contribution in [0.15, 0.2) is 27.3 Å². The van der Waals surface area contributed by atoms with Gasteiger partial charge >= 0.3 is 0 Å². The molecule has 1 unspecified atom stereocenters. The summed E-state index contributed by atoms with van der Waals surface area (Å²) in [6.45, 7) is 1.98. The number of morpholine rings is 1. The summed E-state index contributed by atoms with van der Waals surface area (Å²) in [6, 6.07) is 3.50. The highest BCUT2D eigenvalue weighted by molar-refractivity contribution is 7.88. The van der Waals surface area contributed by atoms with Crippen LogP contribution >= 0.6 is 0 Å². The lowest BCUT2D eigenvalue weighted by atomic mass is 10.3. The fourth-order valence-corrected chi connectivity index (χ4v) is 3.13. The zero-order valence-corrected chi connectivity index (χ0v) is 13.5. The lowest BCUT2D eigenvalue weighted by Gasteiger charge is -2.31. The Morgan fingerprint density at radius 2 is 2.35 bits per heavy atom. The van der Waals surface area contributed by atoms with Crippen molar-refractivity contribution in [3.63, 3.8) is 0 Å². The van der Waals surface area contributed by atoms with Crippen molar-refractivity contribution in [3.8, 4) is 11.6 Å². The smallest absolute Gasteiger partial charge is 0.241 e. The van der Waals surface area contributed by atoms with E-state index < -0.39 is 10.0 Å². The van der Waals surface area contributed by atoms with Gasteiger partial charge in [0, 0.05) is 19.6 Å². The molecule has 0 bridgehead atoms. The van der Waals surface area contributed by atoms with E-state index in [2.05, 4.69) is 15.5 Å². The summed E-state index contributed by atoms with van der Waals surface area (Å²) in [4.78, 5) is 4.21. The van der Waals surface area contributed by atoms with Crippen molar-refractivity contribution in [2.75, 3.05) is 32.5 Å². The van der Waals surface area contributed by atoms with Gasteiger partial charge in [0.25, 0.3) is 0 Å². The second-order valence-electron chi connectivity index (χ2n) is 5.23. The van der Waals surface area contributed by atoms with E-state index in [0.717, 1.165) is 0 Å². The summed E-state index contributed by atoms with van der Waals surface area (Å²) in [5.74, 6) is 1.36. The van der Waals surface area contributed by atoms with Crippen LogP contribution in [0.25, 0.3) is 11.6 Å². The number of nitrogens with one attached hydrogen (secondary N) is 1. The van der Waals surface area contributed by atoms with Gasteiger partial charge in [-0.2, -0.15) is 9.29 Å².